The quantitative estimate of drug-likeness (QED) is 0.934. The van der Waals surface area contributed by atoms with Gasteiger partial charge in [-0.2, -0.15) is 0 Å². The highest BCUT2D eigenvalue weighted by Crippen LogP contribution is 2.22. The first kappa shape index (κ1) is 15.4. The van der Waals surface area contributed by atoms with Crippen LogP contribution in [-0.2, 0) is 4.79 Å². The SMILES string of the molecule is C[C@@H](NC(=O)[C@@H]1CCCN(c2cnccn2)C1)c1ccncc1. The monoisotopic (exact) mass is 311 g/mol. The Labute approximate surface area is 136 Å². The molecule has 3 rings (SSSR count). The number of aromatic nitrogens is 3. The second-order valence-corrected chi connectivity index (χ2v) is 5.86. The molecule has 1 saturated heterocycles. The molecule has 23 heavy (non-hydrogen) atoms. The van der Waals surface area contributed by atoms with Gasteiger partial charge >= 0.3 is 0 Å². The lowest BCUT2D eigenvalue weighted by atomic mass is 9.96. The predicted octanol–water partition coefficient (Wildman–Crippen LogP) is 1.97. The smallest absolute Gasteiger partial charge is 0.225 e. The van der Waals surface area contributed by atoms with Gasteiger partial charge in [0, 0.05) is 37.9 Å². The van der Waals surface area contributed by atoms with Crippen LogP contribution < -0.4 is 10.2 Å². The van der Waals surface area contributed by atoms with Crippen molar-refractivity contribution >= 4 is 11.7 Å². The second kappa shape index (κ2) is 7.17. The summed E-state index contributed by atoms with van der Waals surface area (Å²) in [5.41, 5.74) is 1.06. The molecule has 0 spiro atoms. The highest BCUT2D eigenvalue weighted by Gasteiger charge is 2.27. The zero-order chi connectivity index (χ0) is 16.1. The summed E-state index contributed by atoms with van der Waals surface area (Å²) in [6, 6.07) is 3.84. The maximum atomic E-state index is 12.6. The average Bonchev–Trinajstić information content (AvgIpc) is 2.63. The number of carbonyl (C=O) groups excluding carboxylic acids is 1. The largest absolute Gasteiger partial charge is 0.355 e. The lowest BCUT2D eigenvalue weighted by molar-refractivity contribution is -0.125. The van der Waals surface area contributed by atoms with Crippen molar-refractivity contribution in [2.24, 2.45) is 5.92 Å². The van der Waals surface area contributed by atoms with Crippen LogP contribution in [0.4, 0.5) is 5.82 Å². The third kappa shape index (κ3) is 3.83. The highest BCUT2D eigenvalue weighted by atomic mass is 16.2. The summed E-state index contributed by atoms with van der Waals surface area (Å²) in [5.74, 6) is 0.921. The minimum atomic E-state index is -0.0185. The molecule has 1 N–H and O–H groups in total. The molecule has 1 aliphatic rings. The van der Waals surface area contributed by atoms with E-state index >= 15 is 0 Å². The molecule has 0 aliphatic carbocycles. The van der Waals surface area contributed by atoms with Gasteiger partial charge < -0.3 is 10.2 Å². The van der Waals surface area contributed by atoms with Gasteiger partial charge in [-0.15, -0.1) is 0 Å². The van der Waals surface area contributed by atoms with Crippen molar-refractivity contribution in [3.8, 4) is 0 Å². The number of rotatable bonds is 4. The number of piperidine rings is 1. The van der Waals surface area contributed by atoms with Crippen LogP contribution in [0, 0.1) is 5.92 Å². The van der Waals surface area contributed by atoms with Crippen LogP contribution in [0.2, 0.25) is 0 Å². The number of amides is 1. The Morgan fingerprint density at radius 1 is 1.26 bits per heavy atom. The molecular formula is C17H21N5O. The van der Waals surface area contributed by atoms with Crippen molar-refractivity contribution in [3.05, 3.63) is 48.7 Å². The number of pyridine rings is 1. The van der Waals surface area contributed by atoms with Crippen LogP contribution in [0.15, 0.2) is 43.1 Å². The van der Waals surface area contributed by atoms with E-state index in [0.717, 1.165) is 30.8 Å². The Bertz CT molecular complexity index is 634. The van der Waals surface area contributed by atoms with Gasteiger partial charge in [-0.3, -0.25) is 14.8 Å². The van der Waals surface area contributed by atoms with Crippen LogP contribution in [0.5, 0.6) is 0 Å². The summed E-state index contributed by atoms with van der Waals surface area (Å²) >= 11 is 0. The third-order valence-electron chi connectivity index (χ3n) is 4.23. The van der Waals surface area contributed by atoms with Crippen LogP contribution in [0.1, 0.15) is 31.4 Å². The first-order valence-corrected chi connectivity index (χ1v) is 7.95. The van der Waals surface area contributed by atoms with Gasteiger partial charge in [0.25, 0.3) is 0 Å². The number of hydrogen-bond acceptors (Lipinski definition) is 5. The van der Waals surface area contributed by atoms with Crippen molar-refractivity contribution < 1.29 is 4.79 Å². The van der Waals surface area contributed by atoms with E-state index in [1.165, 1.54) is 0 Å². The molecule has 6 nitrogen and oxygen atoms in total. The second-order valence-electron chi connectivity index (χ2n) is 5.86. The Kier molecular flexibility index (Phi) is 4.80. The van der Waals surface area contributed by atoms with Gasteiger partial charge in [-0.1, -0.05) is 0 Å². The minimum Gasteiger partial charge on any atom is -0.355 e. The molecule has 0 saturated carbocycles. The Morgan fingerprint density at radius 3 is 2.83 bits per heavy atom. The van der Waals surface area contributed by atoms with Crippen LogP contribution >= 0.6 is 0 Å². The van der Waals surface area contributed by atoms with Crippen molar-refractivity contribution in [3.63, 3.8) is 0 Å². The van der Waals surface area contributed by atoms with E-state index in [4.69, 9.17) is 0 Å². The van der Waals surface area contributed by atoms with Crippen molar-refractivity contribution in [2.75, 3.05) is 18.0 Å². The molecule has 6 heteroatoms. The molecule has 0 aromatic carbocycles. The maximum Gasteiger partial charge on any atom is 0.225 e. The topological polar surface area (TPSA) is 71.0 Å². The molecule has 1 fully saturated rings. The van der Waals surface area contributed by atoms with Gasteiger partial charge in [0.15, 0.2) is 0 Å². The van der Waals surface area contributed by atoms with Crippen LogP contribution in [0.3, 0.4) is 0 Å². The standard InChI is InChI=1S/C17H21N5O/c1-13(14-4-6-18-7-5-14)21-17(23)15-3-2-10-22(12-15)16-11-19-8-9-20-16/h4-9,11,13,15H,2-3,10,12H2,1H3,(H,21,23)/t13-,15-/m1/s1. The van der Waals surface area contributed by atoms with Gasteiger partial charge in [-0.05, 0) is 37.5 Å². The maximum absolute atomic E-state index is 12.6. The number of nitrogens with zero attached hydrogens (tertiary/aromatic N) is 4. The lowest BCUT2D eigenvalue weighted by Crippen LogP contribution is -2.44. The predicted molar refractivity (Wildman–Crippen MR) is 87.8 cm³/mol. The zero-order valence-corrected chi connectivity index (χ0v) is 13.2. The van der Waals surface area contributed by atoms with E-state index in [1.54, 1.807) is 31.0 Å². The summed E-state index contributed by atoms with van der Waals surface area (Å²) in [6.07, 6.45) is 10.5. The fourth-order valence-electron chi connectivity index (χ4n) is 2.92. The number of anilines is 1. The molecule has 0 bridgehead atoms. The molecule has 1 amide bonds. The number of carbonyl (C=O) groups is 1. The molecular weight excluding hydrogens is 290 g/mol. The highest BCUT2D eigenvalue weighted by molar-refractivity contribution is 5.80. The molecule has 0 unspecified atom stereocenters. The van der Waals surface area contributed by atoms with E-state index in [1.807, 2.05) is 19.1 Å². The first-order chi connectivity index (χ1) is 11.2. The van der Waals surface area contributed by atoms with Crippen molar-refractivity contribution in [1.29, 1.82) is 0 Å². The van der Waals surface area contributed by atoms with E-state index in [0.29, 0.717) is 6.54 Å². The summed E-state index contributed by atoms with van der Waals surface area (Å²) in [6.45, 7) is 3.60. The lowest BCUT2D eigenvalue weighted by Gasteiger charge is -2.33. The molecule has 3 heterocycles. The fraction of sp³-hybridized carbons (Fsp3) is 0.412. The third-order valence-corrected chi connectivity index (χ3v) is 4.23. The number of nitrogens with one attached hydrogen (secondary N) is 1. The molecule has 2 atom stereocenters. The van der Waals surface area contributed by atoms with Gasteiger partial charge in [0.2, 0.25) is 5.91 Å². The molecule has 2 aromatic heterocycles. The van der Waals surface area contributed by atoms with Crippen molar-refractivity contribution in [2.45, 2.75) is 25.8 Å². The van der Waals surface area contributed by atoms with Gasteiger partial charge in [0.05, 0.1) is 18.2 Å². The fourth-order valence-corrected chi connectivity index (χ4v) is 2.92. The van der Waals surface area contributed by atoms with E-state index < -0.39 is 0 Å². The summed E-state index contributed by atoms with van der Waals surface area (Å²) in [7, 11) is 0. The molecule has 0 radical (unpaired) electrons. The van der Waals surface area contributed by atoms with Gasteiger partial charge in [0.1, 0.15) is 5.82 Å². The summed E-state index contributed by atoms with van der Waals surface area (Å²) in [4.78, 5) is 27.2. The Hall–Kier alpha value is -2.50. The van der Waals surface area contributed by atoms with E-state index in [2.05, 4.69) is 25.2 Å². The van der Waals surface area contributed by atoms with Crippen LogP contribution in [-0.4, -0.2) is 33.9 Å². The van der Waals surface area contributed by atoms with Gasteiger partial charge in [-0.25, -0.2) is 4.98 Å². The van der Waals surface area contributed by atoms with Crippen molar-refractivity contribution in [1.82, 2.24) is 20.3 Å². The minimum absolute atomic E-state index is 0.0163. The molecule has 120 valence electrons. The zero-order valence-electron chi connectivity index (χ0n) is 13.2. The molecule has 1 aliphatic heterocycles. The summed E-state index contributed by atoms with van der Waals surface area (Å²) < 4.78 is 0. The molecule has 2 aromatic rings. The normalized spacial score (nSPS) is 19.2. The first-order valence-electron chi connectivity index (χ1n) is 7.95. The Morgan fingerprint density at radius 2 is 2.09 bits per heavy atom. The summed E-state index contributed by atoms with van der Waals surface area (Å²) in [5, 5.41) is 3.11. The van der Waals surface area contributed by atoms with Crippen LogP contribution in [0.25, 0.3) is 0 Å². The average molecular weight is 311 g/mol. The van der Waals surface area contributed by atoms with E-state index in [9.17, 15) is 4.79 Å². The Balaban J connectivity index is 1.61. The van der Waals surface area contributed by atoms with E-state index in [-0.39, 0.29) is 17.9 Å². The number of hydrogen-bond donors (Lipinski definition) is 1.